The van der Waals surface area contributed by atoms with E-state index in [0.717, 1.165) is 70.1 Å². The average Bonchev–Trinajstić information content (AvgIpc) is 3.22. The highest BCUT2D eigenvalue weighted by molar-refractivity contribution is 6.18. The van der Waals surface area contributed by atoms with Crippen LogP contribution in [0, 0.1) is 11.8 Å². The standard InChI is InChI=1S/C39H54N2O6/c1-7-22-41(24-11-15-29-13-10-14-31(17-16-29)26-36(44)47-39(4,5)6)23-9-8-12-30-18-19-33(28(3)42)34(25-30)37(45)27(2)32-20-21-35(43)40-38(32)46/h8,12,18-19,25-26,29,32H,2,7,9-11,13-17,20-24H2,1,3-6H3,(H,40,43,46)/b12-8-,31-26-. The van der Waals surface area contributed by atoms with Crippen LogP contribution in [0.4, 0.5) is 0 Å². The maximum Gasteiger partial charge on any atom is 0.331 e. The molecule has 1 aromatic carbocycles. The number of amides is 2. The van der Waals surface area contributed by atoms with E-state index in [1.54, 1.807) is 18.2 Å². The van der Waals surface area contributed by atoms with E-state index in [2.05, 4.69) is 29.8 Å². The highest BCUT2D eigenvalue weighted by Crippen LogP contribution is 2.30. The average molecular weight is 647 g/mol. The predicted octanol–water partition coefficient (Wildman–Crippen LogP) is 7.42. The van der Waals surface area contributed by atoms with E-state index >= 15 is 0 Å². The van der Waals surface area contributed by atoms with Crippen LogP contribution in [0.5, 0.6) is 0 Å². The first-order valence-corrected chi connectivity index (χ1v) is 17.3. The minimum Gasteiger partial charge on any atom is -0.457 e. The minimum absolute atomic E-state index is 0.0930. The number of nitrogens with one attached hydrogen (secondary N) is 1. The van der Waals surface area contributed by atoms with E-state index in [1.807, 2.05) is 32.9 Å². The van der Waals surface area contributed by atoms with Crippen molar-refractivity contribution in [3.8, 4) is 0 Å². The van der Waals surface area contributed by atoms with Gasteiger partial charge in [0.05, 0.1) is 5.92 Å². The predicted molar refractivity (Wildman–Crippen MR) is 186 cm³/mol. The molecule has 0 radical (unpaired) electrons. The Balaban J connectivity index is 1.52. The van der Waals surface area contributed by atoms with Gasteiger partial charge in [0.15, 0.2) is 11.6 Å². The van der Waals surface area contributed by atoms with E-state index in [4.69, 9.17) is 4.74 Å². The molecule has 8 nitrogen and oxygen atoms in total. The molecule has 0 bridgehead atoms. The van der Waals surface area contributed by atoms with Crippen molar-refractivity contribution < 1.29 is 28.7 Å². The second kappa shape index (κ2) is 18.0. The third-order valence-corrected chi connectivity index (χ3v) is 8.88. The highest BCUT2D eigenvalue weighted by Gasteiger charge is 2.33. The number of ether oxygens (including phenoxy) is 1. The van der Waals surface area contributed by atoms with Crippen LogP contribution >= 0.6 is 0 Å². The molecule has 1 N–H and O–H groups in total. The van der Waals surface area contributed by atoms with Crippen molar-refractivity contribution in [1.29, 1.82) is 0 Å². The van der Waals surface area contributed by atoms with E-state index in [0.29, 0.717) is 11.5 Å². The number of Topliss-reactive ketones (excluding diaryl/α,β-unsaturated/α-hetero) is 2. The summed E-state index contributed by atoms with van der Waals surface area (Å²) in [6, 6.07) is 5.17. The summed E-state index contributed by atoms with van der Waals surface area (Å²) in [5.74, 6) is -1.89. The number of benzene rings is 1. The van der Waals surface area contributed by atoms with Crippen LogP contribution in [0.2, 0.25) is 0 Å². The van der Waals surface area contributed by atoms with Crippen molar-refractivity contribution in [3.05, 3.63) is 64.8 Å². The van der Waals surface area contributed by atoms with Gasteiger partial charge in [-0.15, -0.1) is 0 Å². The molecule has 1 saturated heterocycles. The molecule has 2 unspecified atom stereocenters. The molecule has 1 saturated carbocycles. The van der Waals surface area contributed by atoms with Crippen LogP contribution in [0.1, 0.15) is 132 Å². The molecule has 0 aromatic heterocycles. The van der Waals surface area contributed by atoms with Crippen LogP contribution in [0.15, 0.2) is 48.1 Å². The van der Waals surface area contributed by atoms with Crippen LogP contribution in [0.3, 0.4) is 0 Å². The third kappa shape index (κ3) is 12.5. The van der Waals surface area contributed by atoms with E-state index in [-0.39, 0.29) is 41.6 Å². The van der Waals surface area contributed by atoms with Gasteiger partial charge in [-0.2, -0.15) is 0 Å². The zero-order valence-corrected chi connectivity index (χ0v) is 29.1. The van der Waals surface area contributed by atoms with Gasteiger partial charge in [0, 0.05) is 35.7 Å². The Labute approximate surface area is 281 Å². The summed E-state index contributed by atoms with van der Waals surface area (Å²) >= 11 is 0. The summed E-state index contributed by atoms with van der Waals surface area (Å²) in [4.78, 5) is 64.4. The third-order valence-electron chi connectivity index (χ3n) is 8.88. The molecule has 1 aliphatic carbocycles. The quantitative estimate of drug-likeness (QED) is 0.0694. The molecule has 256 valence electrons. The smallest absolute Gasteiger partial charge is 0.331 e. The van der Waals surface area contributed by atoms with Gasteiger partial charge in [0.2, 0.25) is 11.8 Å². The molecule has 1 heterocycles. The molecule has 2 fully saturated rings. The van der Waals surface area contributed by atoms with Gasteiger partial charge in [0.1, 0.15) is 5.60 Å². The van der Waals surface area contributed by atoms with Crippen molar-refractivity contribution in [2.24, 2.45) is 11.8 Å². The largest absolute Gasteiger partial charge is 0.457 e. The lowest BCUT2D eigenvalue weighted by molar-refractivity contribution is -0.148. The number of imide groups is 1. The molecule has 8 heteroatoms. The number of carbonyl (C=O) groups excluding carboxylic acids is 5. The number of carbonyl (C=O) groups is 5. The SMILES string of the molecule is C=C(C(=O)c1cc(/C=C\CCN(CCC)CCCC2CCC/C(=C/C(=O)OC(C)(C)C)CC2)ccc1C(C)=O)C1CCC(=O)NC1=O. The topological polar surface area (TPSA) is 110 Å². The highest BCUT2D eigenvalue weighted by atomic mass is 16.6. The lowest BCUT2D eigenvalue weighted by Gasteiger charge is -2.22. The fraction of sp³-hybridized carbons (Fsp3) is 0.564. The Hall–Kier alpha value is -3.65. The molecule has 2 amide bonds. The van der Waals surface area contributed by atoms with Gasteiger partial charge in [0.25, 0.3) is 0 Å². The van der Waals surface area contributed by atoms with Gasteiger partial charge in [-0.25, -0.2) is 4.79 Å². The number of allylic oxidation sites excluding steroid dienone is 1. The maximum atomic E-state index is 13.4. The van der Waals surface area contributed by atoms with Crippen molar-refractivity contribution in [2.45, 2.75) is 111 Å². The Kier molecular flexibility index (Phi) is 14.5. The van der Waals surface area contributed by atoms with E-state index < -0.39 is 23.2 Å². The fourth-order valence-electron chi connectivity index (χ4n) is 6.46. The molecular weight excluding hydrogens is 592 g/mol. The number of rotatable bonds is 15. The number of hydrogen-bond donors (Lipinski definition) is 1. The number of hydrogen-bond acceptors (Lipinski definition) is 7. The molecule has 0 spiro atoms. The van der Waals surface area contributed by atoms with Crippen LogP contribution in [-0.2, 0) is 19.1 Å². The summed E-state index contributed by atoms with van der Waals surface area (Å²) in [5.41, 5.74) is 2.16. The molecule has 2 aliphatic rings. The summed E-state index contributed by atoms with van der Waals surface area (Å²) in [5, 5.41) is 2.27. The lowest BCUT2D eigenvalue weighted by Crippen LogP contribution is -2.42. The summed E-state index contributed by atoms with van der Waals surface area (Å²) < 4.78 is 5.48. The number of nitrogens with zero attached hydrogens (tertiary/aromatic N) is 1. The Morgan fingerprint density at radius 1 is 1.02 bits per heavy atom. The van der Waals surface area contributed by atoms with Gasteiger partial charge >= 0.3 is 5.97 Å². The van der Waals surface area contributed by atoms with Crippen LogP contribution in [-0.4, -0.2) is 59.5 Å². The van der Waals surface area contributed by atoms with E-state index in [9.17, 15) is 24.0 Å². The maximum absolute atomic E-state index is 13.4. The summed E-state index contributed by atoms with van der Waals surface area (Å²) in [6.45, 7) is 16.2. The van der Waals surface area contributed by atoms with Crippen LogP contribution in [0.25, 0.3) is 6.08 Å². The van der Waals surface area contributed by atoms with E-state index in [1.165, 1.54) is 25.3 Å². The van der Waals surface area contributed by atoms with Gasteiger partial charge in [-0.1, -0.05) is 49.8 Å². The minimum atomic E-state index is -0.787. The molecule has 3 rings (SSSR count). The van der Waals surface area contributed by atoms with Crippen molar-refractivity contribution in [3.63, 3.8) is 0 Å². The zero-order valence-electron chi connectivity index (χ0n) is 29.1. The Morgan fingerprint density at radius 2 is 1.79 bits per heavy atom. The van der Waals surface area contributed by atoms with Gasteiger partial charge in [-0.3, -0.25) is 24.5 Å². The monoisotopic (exact) mass is 646 g/mol. The molecular formula is C39H54N2O6. The number of piperidine rings is 1. The molecule has 1 aliphatic heterocycles. The second-order valence-corrected chi connectivity index (χ2v) is 14.0. The van der Waals surface area contributed by atoms with Gasteiger partial charge in [-0.05, 0) is 116 Å². The molecule has 1 aromatic rings. The second-order valence-electron chi connectivity index (χ2n) is 14.0. The lowest BCUT2D eigenvalue weighted by atomic mass is 9.85. The molecule has 47 heavy (non-hydrogen) atoms. The summed E-state index contributed by atoms with van der Waals surface area (Å²) in [7, 11) is 0. The van der Waals surface area contributed by atoms with Crippen molar-refractivity contribution >= 4 is 35.4 Å². The first-order chi connectivity index (χ1) is 22.3. The normalized spacial score (nSPS) is 19.9. The fourth-order valence-corrected chi connectivity index (χ4v) is 6.46. The van der Waals surface area contributed by atoms with Gasteiger partial charge < -0.3 is 9.64 Å². The Bertz CT molecular complexity index is 1380. The van der Waals surface area contributed by atoms with Crippen LogP contribution < -0.4 is 5.32 Å². The van der Waals surface area contributed by atoms with Crippen molar-refractivity contribution in [2.75, 3.05) is 19.6 Å². The number of esters is 1. The first kappa shape index (κ1) is 37.8. The summed E-state index contributed by atoms with van der Waals surface area (Å²) in [6.07, 6.45) is 15.8. The Morgan fingerprint density at radius 3 is 2.47 bits per heavy atom. The number of ketones is 2. The molecule has 2 atom stereocenters. The first-order valence-electron chi connectivity index (χ1n) is 17.3. The zero-order chi connectivity index (χ0) is 34.6. The van der Waals surface area contributed by atoms with Crippen molar-refractivity contribution in [1.82, 2.24) is 10.2 Å².